The van der Waals surface area contributed by atoms with Gasteiger partial charge in [0, 0.05) is 29.4 Å². The lowest BCUT2D eigenvalue weighted by atomic mass is 9.95. The third kappa shape index (κ3) is 3.29. The number of hydrogen-bond donors (Lipinski definition) is 1. The van der Waals surface area contributed by atoms with Gasteiger partial charge in [0.25, 0.3) is 5.56 Å². The van der Waals surface area contributed by atoms with Gasteiger partial charge >= 0.3 is 6.18 Å². The highest BCUT2D eigenvalue weighted by molar-refractivity contribution is 5.63. The first-order valence-corrected chi connectivity index (χ1v) is 6.22. The Kier molecular flexibility index (Phi) is 3.61. The molecule has 21 heavy (non-hydrogen) atoms. The summed E-state index contributed by atoms with van der Waals surface area (Å²) in [6.45, 7) is 5.43. The van der Waals surface area contributed by atoms with Crippen molar-refractivity contribution in [1.82, 2.24) is 15.0 Å². The molecule has 0 amide bonds. The van der Waals surface area contributed by atoms with Crippen molar-refractivity contribution in [2.24, 2.45) is 0 Å². The average molecular weight is 297 g/mol. The van der Waals surface area contributed by atoms with Gasteiger partial charge in [0.15, 0.2) is 0 Å². The summed E-state index contributed by atoms with van der Waals surface area (Å²) in [6, 6.07) is 1.91. The van der Waals surface area contributed by atoms with Crippen LogP contribution in [0.25, 0.3) is 11.3 Å². The fourth-order valence-corrected chi connectivity index (χ4v) is 1.80. The number of hydrogen-bond acceptors (Lipinski definition) is 3. The van der Waals surface area contributed by atoms with Crippen molar-refractivity contribution >= 4 is 0 Å². The van der Waals surface area contributed by atoms with Gasteiger partial charge in [-0.05, 0) is 6.07 Å². The van der Waals surface area contributed by atoms with E-state index in [9.17, 15) is 18.0 Å². The quantitative estimate of drug-likeness (QED) is 0.879. The van der Waals surface area contributed by atoms with Crippen LogP contribution in [-0.2, 0) is 11.6 Å². The predicted molar refractivity (Wildman–Crippen MR) is 71.8 cm³/mol. The summed E-state index contributed by atoms with van der Waals surface area (Å²) in [7, 11) is 0. The molecule has 2 aromatic rings. The number of nitrogens with one attached hydrogen (secondary N) is 1. The van der Waals surface area contributed by atoms with Crippen LogP contribution in [0.3, 0.4) is 0 Å². The van der Waals surface area contributed by atoms with Crippen LogP contribution < -0.4 is 5.56 Å². The summed E-state index contributed by atoms with van der Waals surface area (Å²) in [6.07, 6.45) is -2.41. The first-order valence-electron chi connectivity index (χ1n) is 6.22. The Morgan fingerprint density at radius 2 is 1.86 bits per heavy atom. The Bertz CT molecular complexity index is 714. The zero-order chi connectivity index (χ0) is 15.8. The number of nitrogens with zero attached hydrogens (tertiary/aromatic N) is 2. The Hall–Kier alpha value is -2.18. The summed E-state index contributed by atoms with van der Waals surface area (Å²) < 4.78 is 39.1. The molecule has 7 heteroatoms. The van der Waals surface area contributed by atoms with Gasteiger partial charge < -0.3 is 4.98 Å². The monoisotopic (exact) mass is 297 g/mol. The number of aromatic nitrogens is 3. The fourth-order valence-electron chi connectivity index (χ4n) is 1.80. The van der Waals surface area contributed by atoms with Gasteiger partial charge in [-0.1, -0.05) is 20.8 Å². The minimum absolute atomic E-state index is 0.0379. The highest BCUT2D eigenvalue weighted by atomic mass is 19.4. The molecule has 0 aromatic carbocycles. The Morgan fingerprint density at radius 1 is 1.19 bits per heavy atom. The molecule has 0 unspecified atom stereocenters. The van der Waals surface area contributed by atoms with Crippen LogP contribution in [0.1, 0.15) is 32.2 Å². The molecule has 0 saturated carbocycles. The minimum Gasteiger partial charge on any atom is -0.310 e. The molecule has 0 aliphatic heterocycles. The highest BCUT2D eigenvalue weighted by Crippen LogP contribution is 2.35. The van der Waals surface area contributed by atoms with E-state index in [4.69, 9.17) is 0 Å². The van der Waals surface area contributed by atoms with E-state index in [1.807, 2.05) is 20.8 Å². The number of rotatable bonds is 1. The van der Waals surface area contributed by atoms with Crippen LogP contribution in [0.15, 0.2) is 29.3 Å². The highest BCUT2D eigenvalue weighted by Gasteiger charge is 2.34. The van der Waals surface area contributed by atoms with Gasteiger partial charge in [-0.3, -0.25) is 9.78 Å². The van der Waals surface area contributed by atoms with Crippen LogP contribution in [-0.4, -0.2) is 15.0 Å². The van der Waals surface area contributed by atoms with E-state index in [1.54, 1.807) is 0 Å². The maximum atomic E-state index is 13.0. The Labute approximate surface area is 119 Å². The summed E-state index contributed by atoms with van der Waals surface area (Å²) in [5, 5.41) is 0. The molecule has 0 saturated heterocycles. The van der Waals surface area contributed by atoms with Crippen LogP contribution >= 0.6 is 0 Å². The molecule has 2 aromatic heterocycles. The van der Waals surface area contributed by atoms with Gasteiger partial charge in [-0.15, -0.1) is 0 Å². The molecular weight excluding hydrogens is 283 g/mol. The topological polar surface area (TPSA) is 58.6 Å². The van der Waals surface area contributed by atoms with E-state index in [1.165, 1.54) is 0 Å². The largest absolute Gasteiger partial charge is 0.417 e. The van der Waals surface area contributed by atoms with Gasteiger partial charge in [0.2, 0.25) is 0 Å². The number of pyridine rings is 1. The van der Waals surface area contributed by atoms with E-state index in [0.717, 1.165) is 24.5 Å². The predicted octanol–water partition coefficient (Wildman–Crippen LogP) is 3.15. The molecule has 2 heterocycles. The second kappa shape index (κ2) is 4.98. The summed E-state index contributed by atoms with van der Waals surface area (Å²) in [4.78, 5) is 22.1. The van der Waals surface area contributed by atoms with Crippen molar-refractivity contribution in [2.75, 3.05) is 0 Å². The lowest BCUT2D eigenvalue weighted by molar-refractivity contribution is -0.137. The van der Waals surface area contributed by atoms with Crippen molar-refractivity contribution in [1.29, 1.82) is 0 Å². The number of aromatic amines is 1. The van der Waals surface area contributed by atoms with Crippen LogP contribution in [0.5, 0.6) is 0 Å². The third-order valence-electron chi connectivity index (χ3n) is 2.85. The first-order chi connectivity index (χ1) is 9.59. The maximum absolute atomic E-state index is 13.0. The molecule has 0 aliphatic rings. The van der Waals surface area contributed by atoms with Gasteiger partial charge in [0.1, 0.15) is 5.82 Å². The van der Waals surface area contributed by atoms with Crippen molar-refractivity contribution in [3.05, 3.63) is 46.3 Å². The van der Waals surface area contributed by atoms with Crippen LogP contribution in [0.2, 0.25) is 0 Å². The standard InChI is InChI=1S/C14H14F3N3O/c1-13(2,3)12-19-10(6-11(21)20-12)8-7-18-5-4-9(8)14(15,16)17/h4-7H,1-3H3,(H,19,20,21). The SMILES string of the molecule is CC(C)(C)c1nc(-c2cnccc2C(F)(F)F)cc(=O)[nH]1. The molecular formula is C14H14F3N3O. The smallest absolute Gasteiger partial charge is 0.310 e. The first kappa shape index (κ1) is 15.2. The summed E-state index contributed by atoms with van der Waals surface area (Å²) in [5.41, 5.74) is -2.10. The Morgan fingerprint density at radius 3 is 2.43 bits per heavy atom. The molecule has 2 rings (SSSR count). The molecule has 0 atom stereocenters. The number of alkyl halides is 3. The summed E-state index contributed by atoms with van der Waals surface area (Å²) >= 11 is 0. The van der Waals surface area contributed by atoms with E-state index in [-0.39, 0.29) is 11.3 Å². The van der Waals surface area contributed by atoms with Crippen molar-refractivity contribution in [3.8, 4) is 11.3 Å². The van der Waals surface area contributed by atoms with Gasteiger partial charge in [-0.25, -0.2) is 4.98 Å². The van der Waals surface area contributed by atoms with E-state index in [2.05, 4.69) is 15.0 Å². The van der Waals surface area contributed by atoms with Gasteiger partial charge in [-0.2, -0.15) is 13.2 Å². The number of halogens is 3. The average Bonchev–Trinajstić information content (AvgIpc) is 2.36. The molecule has 0 spiro atoms. The molecule has 4 nitrogen and oxygen atoms in total. The zero-order valence-corrected chi connectivity index (χ0v) is 11.7. The van der Waals surface area contributed by atoms with E-state index in [0.29, 0.717) is 5.82 Å². The molecule has 0 fully saturated rings. The summed E-state index contributed by atoms with van der Waals surface area (Å²) in [5.74, 6) is 0.321. The Balaban J connectivity index is 2.69. The normalized spacial score (nSPS) is 12.5. The van der Waals surface area contributed by atoms with Crippen molar-refractivity contribution in [2.45, 2.75) is 32.4 Å². The fraction of sp³-hybridized carbons (Fsp3) is 0.357. The van der Waals surface area contributed by atoms with Crippen molar-refractivity contribution < 1.29 is 13.2 Å². The van der Waals surface area contributed by atoms with E-state index < -0.39 is 22.7 Å². The second-order valence-electron chi connectivity index (χ2n) is 5.65. The second-order valence-corrected chi connectivity index (χ2v) is 5.65. The molecule has 0 bridgehead atoms. The minimum atomic E-state index is -4.54. The number of H-pyrrole nitrogens is 1. The van der Waals surface area contributed by atoms with Crippen molar-refractivity contribution in [3.63, 3.8) is 0 Å². The lowest BCUT2D eigenvalue weighted by Gasteiger charge is -2.18. The molecule has 0 radical (unpaired) electrons. The van der Waals surface area contributed by atoms with E-state index >= 15 is 0 Å². The maximum Gasteiger partial charge on any atom is 0.417 e. The molecule has 112 valence electrons. The lowest BCUT2D eigenvalue weighted by Crippen LogP contribution is -2.22. The van der Waals surface area contributed by atoms with Crippen LogP contribution in [0.4, 0.5) is 13.2 Å². The van der Waals surface area contributed by atoms with Crippen LogP contribution in [0, 0.1) is 0 Å². The van der Waals surface area contributed by atoms with Gasteiger partial charge in [0.05, 0.1) is 11.3 Å². The zero-order valence-electron chi connectivity index (χ0n) is 11.7. The molecule has 1 N–H and O–H groups in total. The molecule has 0 aliphatic carbocycles. The third-order valence-corrected chi connectivity index (χ3v) is 2.85.